The Morgan fingerprint density at radius 1 is 1.37 bits per heavy atom. The van der Waals surface area contributed by atoms with Gasteiger partial charge in [-0.25, -0.2) is 4.39 Å². The molecule has 152 valence electrons. The van der Waals surface area contributed by atoms with Crippen molar-refractivity contribution in [2.24, 2.45) is 4.99 Å². The van der Waals surface area contributed by atoms with Crippen LogP contribution in [0, 0.1) is 5.82 Å². The second-order valence-electron chi connectivity index (χ2n) is 6.56. The van der Waals surface area contributed by atoms with Gasteiger partial charge in [0.15, 0.2) is 17.5 Å². The molecule has 0 aliphatic carbocycles. The first-order valence-electron chi connectivity index (χ1n) is 9.71. The van der Waals surface area contributed by atoms with Crippen molar-refractivity contribution in [2.75, 3.05) is 40.0 Å². The summed E-state index contributed by atoms with van der Waals surface area (Å²) in [5.41, 5.74) is 0.835. The Kier molecular flexibility index (Phi) is 9.35. The summed E-state index contributed by atoms with van der Waals surface area (Å²) in [5.74, 6) is 0.596. The lowest BCUT2D eigenvalue weighted by Gasteiger charge is -2.22. The molecule has 0 spiro atoms. The summed E-state index contributed by atoms with van der Waals surface area (Å²) in [6, 6.07) is 4.90. The maximum atomic E-state index is 13.9. The first kappa shape index (κ1) is 21.4. The van der Waals surface area contributed by atoms with Crippen LogP contribution < -0.4 is 15.4 Å². The maximum Gasteiger partial charge on any atom is 0.191 e. The Morgan fingerprint density at radius 2 is 2.15 bits per heavy atom. The summed E-state index contributed by atoms with van der Waals surface area (Å²) in [7, 11) is 1.46. The average Bonchev–Trinajstić information content (AvgIpc) is 2.68. The second kappa shape index (κ2) is 11.8. The van der Waals surface area contributed by atoms with Gasteiger partial charge in [-0.3, -0.25) is 4.99 Å². The quantitative estimate of drug-likeness (QED) is 0.391. The van der Waals surface area contributed by atoms with Crippen LogP contribution in [0.15, 0.2) is 23.2 Å². The molecule has 1 fully saturated rings. The Balaban J connectivity index is 1.80. The molecule has 1 atom stereocenters. The summed E-state index contributed by atoms with van der Waals surface area (Å²) in [4.78, 5) is 4.59. The van der Waals surface area contributed by atoms with Crippen LogP contribution in [0.25, 0.3) is 0 Å². The molecule has 7 heteroatoms. The van der Waals surface area contributed by atoms with Crippen LogP contribution in [-0.4, -0.2) is 52.1 Å². The highest BCUT2D eigenvalue weighted by atomic mass is 19.1. The fraction of sp³-hybridized carbons (Fsp3) is 0.650. The minimum absolute atomic E-state index is 0.0818. The average molecular weight is 381 g/mol. The number of hydrogen-bond donors (Lipinski definition) is 2. The van der Waals surface area contributed by atoms with Gasteiger partial charge in [0.05, 0.1) is 19.3 Å². The molecule has 0 saturated carbocycles. The van der Waals surface area contributed by atoms with Gasteiger partial charge in [0.25, 0.3) is 0 Å². The van der Waals surface area contributed by atoms with Gasteiger partial charge < -0.3 is 24.8 Å². The molecular formula is C20H32FN3O3. The maximum absolute atomic E-state index is 13.9. The number of halogens is 1. The van der Waals surface area contributed by atoms with E-state index in [1.54, 1.807) is 6.07 Å². The molecule has 1 saturated heterocycles. The summed E-state index contributed by atoms with van der Waals surface area (Å²) >= 11 is 0. The van der Waals surface area contributed by atoms with Gasteiger partial charge >= 0.3 is 0 Å². The standard InChI is InChI=1S/C20H32FN3O3/c1-4-22-20(23-10-5-11-27-17-8-12-26-13-9-17)24-15(2)16-6-7-19(25-3)18(21)14-16/h6-7,14-15,17H,4-5,8-13H2,1-3H3,(H2,22,23,24). The fourth-order valence-corrected chi connectivity index (χ4v) is 2.91. The van der Waals surface area contributed by atoms with Crippen LogP contribution in [0.1, 0.15) is 44.7 Å². The van der Waals surface area contributed by atoms with Crippen molar-refractivity contribution in [3.8, 4) is 5.75 Å². The van der Waals surface area contributed by atoms with Gasteiger partial charge in [0.1, 0.15) is 0 Å². The predicted molar refractivity (Wildman–Crippen MR) is 105 cm³/mol. The Bertz CT molecular complexity index is 592. The molecule has 0 radical (unpaired) electrons. The molecule has 0 bridgehead atoms. The molecule has 1 unspecified atom stereocenters. The number of ether oxygens (including phenoxy) is 3. The van der Waals surface area contributed by atoms with Crippen LogP contribution >= 0.6 is 0 Å². The molecule has 0 aromatic heterocycles. The summed E-state index contributed by atoms with van der Waals surface area (Å²) in [6.07, 6.45) is 3.13. The lowest BCUT2D eigenvalue weighted by atomic mass is 10.1. The van der Waals surface area contributed by atoms with Crippen LogP contribution in [0.3, 0.4) is 0 Å². The van der Waals surface area contributed by atoms with Gasteiger partial charge in [-0.1, -0.05) is 6.07 Å². The SMILES string of the molecule is CCNC(=NCCCOC1CCOCC1)NC(C)c1ccc(OC)c(F)c1. The first-order valence-corrected chi connectivity index (χ1v) is 9.71. The minimum atomic E-state index is -0.365. The monoisotopic (exact) mass is 381 g/mol. The van der Waals surface area contributed by atoms with E-state index in [1.807, 2.05) is 19.9 Å². The number of hydrogen-bond acceptors (Lipinski definition) is 4. The zero-order chi connectivity index (χ0) is 19.5. The number of nitrogens with zero attached hydrogens (tertiary/aromatic N) is 1. The molecule has 6 nitrogen and oxygen atoms in total. The van der Waals surface area contributed by atoms with E-state index in [9.17, 15) is 4.39 Å². The lowest BCUT2D eigenvalue weighted by molar-refractivity contribution is -0.0318. The van der Waals surface area contributed by atoms with Crippen molar-refractivity contribution in [3.05, 3.63) is 29.6 Å². The molecule has 1 aliphatic rings. The van der Waals surface area contributed by atoms with Crippen molar-refractivity contribution >= 4 is 5.96 Å². The van der Waals surface area contributed by atoms with E-state index < -0.39 is 0 Å². The molecule has 2 N–H and O–H groups in total. The molecular weight excluding hydrogens is 349 g/mol. The first-order chi connectivity index (χ1) is 13.1. The van der Waals surface area contributed by atoms with Gasteiger partial charge in [0.2, 0.25) is 0 Å². The molecule has 1 heterocycles. The third-order valence-electron chi connectivity index (χ3n) is 4.47. The molecule has 1 aromatic carbocycles. The molecule has 27 heavy (non-hydrogen) atoms. The van der Waals surface area contributed by atoms with E-state index in [-0.39, 0.29) is 17.6 Å². The van der Waals surface area contributed by atoms with Crippen LogP contribution in [0.5, 0.6) is 5.75 Å². The third-order valence-corrected chi connectivity index (χ3v) is 4.47. The van der Waals surface area contributed by atoms with Crippen LogP contribution in [0.2, 0.25) is 0 Å². The number of benzene rings is 1. The highest BCUT2D eigenvalue weighted by Crippen LogP contribution is 2.21. The fourth-order valence-electron chi connectivity index (χ4n) is 2.91. The van der Waals surface area contributed by atoms with Gasteiger partial charge in [0, 0.05) is 32.9 Å². The number of rotatable bonds is 9. The summed E-state index contributed by atoms with van der Waals surface area (Å²) in [6.45, 7) is 7.71. The van der Waals surface area contributed by atoms with E-state index in [1.165, 1.54) is 13.2 Å². The normalized spacial score (nSPS) is 16.8. The zero-order valence-electron chi connectivity index (χ0n) is 16.6. The summed E-state index contributed by atoms with van der Waals surface area (Å²) in [5, 5.41) is 6.54. The molecule has 1 aromatic rings. The predicted octanol–water partition coefficient (Wildman–Crippen LogP) is 3.04. The minimum Gasteiger partial charge on any atom is -0.494 e. The van der Waals surface area contributed by atoms with Crippen LogP contribution in [-0.2, 0) is 9.47 Å². The molecule has 1 aliphatic heterocycles. The Labute approximate surface area is 161 Å². The van der Waals surface area contributed by atoms with E-state index in [0.717, 1.165) is 44.6 Å². The molecule has 0 amide bonds. The Hall–Kier alpha value is -1.86. The van der Waals surface area contributed by atoms with E-state index in [2.05, 4.69) is 15.6 Å². The van der Waals surface area contributed by atoms with Crippen molar-refractivity contribution < 1.29 is 18.6 Å². The van der Waals surface area contributed by atoms with Crippen molar-refractivity contribution in [1.82, 2.24) is 10.6 Å². The third kappa shape index (κ3) is 7.34. The number of nitrogens with one attached hydrogen (secondary N) is 2. The number of methoxy groups -OCH3 is 1. The number of guanidine groups is 1. The number of aliphatic imine (C=N–C) groups is 1. The van der Waals surface area contributed by atoms with Crippen LogP contribution in [0.4, 0.5) is 4.39 Å². The van der Waals surface area contributed by atoms with Gasteiger partial charge in [-0.15, -0.1) is 0 Å². The summed E-state index contributed by atoms with van der Waals surface area (Å²) < 4.78 is 30.1. The van der Waals surface area contributed by atoms with Crippen molar-refractivity contribution in [3.63, 3.8) is 0 Å². The Morgan fingerprint density at radius 3 is 2.81 bits per heavy atom. The zero-order valence-corrected chi connectivity index (χ0v) is 16.6. The van der Waals surface area contributed by atoms with Gasteiger partial charge in [-0.2, -0.15) is 0 Å². The van der Waals surface area contributed by atoms with Crippen molar-refractivity contribution in [1.29, 1.82) is 0 Å². The largest absolute Gasteiger partial charge is 0.494 e. The molecule has 2 rings (SSSR count). The van der Waals surface area contributed by atoms with E-state index >= 15 is 0 Å². The highest BCUT2D eigenvalue weighted by molar-refractivity contribution is 5.80. The second-order valence-corrected chi connectivity index (χ2v) is 6.56. The van der Waals surface area contributed by atoms with Crippen molar-refractivity contribution in [2.45, 2.75) is 45.3 Å². The topological polar surface area (TPSA) is 64.1 Å². The lowest BCUT2D eigenvalue weighted by Crippen LogP contribution is -2.38. The van der Waals surface area contributed by atoms with E-state index in [4.69, 9.17) is 14.2 Å². The van der Waals surface area contributed by atoms with E-state index in [0.29, 0.717) is 25.2 Å². The smallest absolute Gasteiger partial charge is 0.191 e. The highest BCUT2D eigenvalue weighted by Gasteiger charge is 2.14. The van der Waals surface area contributed by atoms with Gasteiger partial charge in [-0.05, 0) is 50.8 Å².